The van der Waals surface area contributed by atoms with Gasteiger partial charge in [-0.3, -0.25) is 4.79 Å². The lowest BCUT2D eigenvalue weighted by molar-refractivity contribution is -0.118. The van der Waals surface area contributed by atoms with Crippen molar-refractivity contribution in [1.29, 1.82) is 0 Å². The summed E-state index contributed by atoms with van der Waals surface area (Å²) in [6, 6.07) is 0. The molecule has 3 nitrogen and oxygen atoms in total. The number of allylic oxidation sites excluding steroid dienone is 3. The smallest absolute Gasteiger partial charge is 0.244 e. The van der Waals surface area contributed by atoms with Gasteiger partial charge in [0.1, 0.15) is 0 Å². The Morgan fingerprint density at radius 2 is 2.29 bits per heavy atom. The van der Waals surface area contributed by atoms with Crippen LogP contribution in [0, 0.1) is 5.92 Å². The predicted octanol–water partition coefficient (Wildman–Crippen LogP) is 2.18. The van der Waals surface area contributed by atoms with Crippen LogP contribution in [0.25, 0.3) is 0 Å². The summed E-state index contributed by atoms with van der Waals surface area (Å²) in [4.78, 5) is 11.4. The molecule has 1 amide bonds. The van der Waals surface area contributed by atoms with E-state index in [4.69, 9.17) is 0 Å². The molecule has 0 spiro atoms. The van der Waals surface area contributed by atoms with Crippen molar-refractivity contribution in [3.05, 3.63) is 24.3 Å². The Morgan fingerprint density at radius 1 is 1.53 bits per heavy atom. The maximum Gasteiger partial charge on any atom is 0.244 e. The molecule has 0 heterocycles. The normalized spacial score (nSPS) is 29.9. The number of hydrogen-bond donors (Lipinski definition) is 2. The van der Waals surface area contributed by atoms with Crippen LogP contribution in [0.2, 0.25) is 0 Å². The summed E-state index contributed by atoms with van der Waals surface area (Å²) in [5.74, 6) is 0.402. The second-order valence-electron chi connectivity index (χ2n) is 5.03. The van der Waals surface area contributed by atoms with E-state index in [1.54, 1.807) is 12.2 Å². The van der Waals surface area contributed by atoms with Crippen molar-refractivity contribution in [3.63, 3.8) is 0 Å². The quantitative estimate of drug-likeness (QED) is 0.581. The van der Waals surface area contributed by atoms with Gasteiger partial charge in [-0.05, 0) is 25.7 Å². The summed E-state index contributed by atoms with van der Waals surface area (Å²) < 4.78 is 0. The highest BCUT2D eigenvalue weighted by Crippen LogP contribution is 2.31. The van der Waals surface area contributed by atoms with Gasteiger partial charge in [0.2, 0.25) is 5.91 Å². The molecule has 2 atom stereocenters. The first kappa shape index (κ1) is 14.0. The summed E-state index contributed by atoms with van der Waals surface area (Å²) >= 11 is 0. The van der Waals surface area contributed by atoms with Crippen LogP contribution in [-0.4, -0.2) is 23.2 Å². The highest BCUT2D eigenvalue weighted by molar-refractivity contribution is 5.87. The lowest BCUT2D eigenvalue weighted by Gasteiger charge is -2.35. The molecule has 1 aliphatic rings. The third-order valence-electron chi connectivity index (χ3n) is 3.21. The summed E-state index contributed by atoms with van der Waals surface area (Å²) in [6.45, 7) is 4.41. The fraction of sp³-hybridized carbons (Fsp3) is 0.643. The highest BCUT2D eigenvalue weighted by Gasteiger charge is 2.32. The zero-order valence-electron chi connectivity index (χ0n) is 10.8. The minimum Gasteiger partial charge on any atom is -0.388 e. The SMILES string of the molecule is CC=CC=CC(=O)NCC1(O)CCCC(C)C1. The molecule has 96 valence electrons. The van der Waals surface area contributed by atoms with Gasteiger partial charge in [-0.1, -0.05) is 38.0 Å². The average molecular weight is 237 g/mol. The summed E-state index contributed by atoms with van der Waals surface area (Å²) in [5.41, 5.74) is -0.707. The van der Waals surface area contributed by atoms with E-state index in [0.717, 1.165) is 19.3 Å². The van der Waals surface area contributed by atoms with Crippen molar-refractivity contribution in [1.82, 2.24) is 5.32 Å². The molecule has 0 saturated heterocycles. The second kappa shape index (κ2) is 6.60. The van der Waals surface area contributed by atoms with Crippen LogP contribution in [0.1, 0.15) is 39.5 Å². The summed E-state index contributed by atoms with van der Waals surface area (Å²) in [7, 11) is 0. The number of aliphatic hydroxyl groups is 1. The highest BCUT2D eigenvalue weighted by atomic mass is 16.3. The van der Waals surface area contributed by atoms with Gasteiger partial charge >= 0.3 is 0 Å². The maximum atomic E-state index is 11.4. The van der Waals surface area contributed by atoms with Crippen LogP contribution in [0.4, 0.5) is 0 Å². The monoisotopic (exact) mass is 237 g/mol. The molecule has 1 fully saturated rings. The molecule has 1 saturated carbocycles. The topological polar surface area (TPSA) is 49.3 Å². The van der Waals surface area contributed by atoms with Gasteiger partial charge in [-0.25, -0.2) is 0 Å². The van der Waals surface area contributed by atoms with Crippen LogP contribution >= 0.6 is 0 Å². The molecule has 2 unspecified atom stereocenters. The second-order valence-corrected chi connectivity index (χ2v) is 5.03. The number of carbonyl (C=O) groups is 1. The summed E-state index contributed by atoms with van der Waals surface area (Å²) in [5, 5.41) is 13.1. The van der Waals surface area contributed by atoms with Gasteiger partial charge in [0.15, 0.2) is 0 Å². The van der Waals surface area contributed by atoms with Crippen molar-refractivity contribution < 1.29 is 9.90 Å². The van der Waals surface area contributed by atoms with Crippen LogP contribution in [0.3, 0.4) is 0 Å². The van der Waals surface area contributed by atoms with E-state index < -0.39 is 5.60 Å². The van der Waals surface area contributed by atoms with Crippen molar-refractivity contribution in [3.8, 4) is 0 Å². The minimum atomic E-state index is -0.707. The van der Waals surface area contributed by atoms with Crippen molar-refractivity contribution in [2.45, 2.75) is 45.1 Å². The Balaban J connectivity index is 2.36. The molecule has 0 bridgehead atoms. The molecule has 17 heavy (non-hydrogen) atoms. The Bertz CT molecular complexity index is 309. The van der Waals surface area contributed by atoms with E-state index in [9.17, 15) is 9.90 Å². The molecule has 1 aliphatic carbocycles. The molecule has 0 aromatic heterocycles. The zero-order valence-corrected chi connectivity index (χ0v) is 10.8. The molecular weight excluding hydrogens is 214 g/mol. The molecule has 0 aliphatic heterocycles. The van der Waals surface area contributed by atoms with E-state index in [-0.39, 0.29) is 5.91 Å². The molecule has 0 aromatic rings. The predicted molar refractivity (Wildman–Crippen MR) is 69.5 cm³/mol. The third kappa shape index (κ3) is 5.18. The lowest BCUT2D eigenvalue weighted by atomic mass is 9.79. The minimum absolute atomic E-state index is 0.144. The van der Waals surface area contributed by atoms with E-state index in [0.29, 0.717) is 12.5 Å². The molecule has 0 radical (unpaired) electrons. The van der Waals surface area contributed by atoms with Crippen molar-refractivity contribution >= 4 is 5.91 Å². The van der Waals surface area contributed by atoms with E-state index >= 15 is 0 Å². The van der Waals surface area contributed by atoms with Crippen LogP contribution in [0.5, 0.6) is 0 Å². The van der Waals surface area contributed by atoms with Crippen molar-refractivity contribution in [2.75, 3.05) is 6.54 Å². The fourth-order valence-corrected chi connectivity index (χ4v) is 2.36. The number of nitrogens with one attached hydrogen (secondary N) is 1. The van der Waals surface area contributed by atoms with E-state index in [2.05, 4.69) is 12.2 Å². The molecular formula is C14H23NO2. The summed E-state index contributed by atoms with van der Waals surface area (Å²) in [6.07, 6.45) is 10.6. The fourth-order valence-electron chi connectivity index (χ4n) is 2.36. The molecule has 2 N–H and O–H groups in total. The maximum absolute atomic E-state index is 11.4. The largest absolute Gasteiger partial charge is 0.388 e. The van der Waals surface area contributed by atoms with Crippen molar-refractivity contribution in [2.24, 2.45) is 5.92 Å². The van der Waals surface area contributed by atoms with E-state index in [1.807, 2.05) is 13.0 Å². The van der Waals surface area contributed by atoms with Gasteiger partial charge in [-0.2, -0.15) is 0 Å². The van der Waals surface area contributed by atoms with Gasteiger partial charge in [0.05, 0.1) is 5.60 Å². The number of amides is 1. The lowest BCUT2D eigenvalue weighted by Crippen LogP contribution is -2.45. The standard InChI is InChI=1S/C14H23NO2/c1-3-4-5-8-13(16)15-11-14(17)9-6-7-12(2)10-14/h3-5,8,12,17H,6-7,9-11H2,1-2H3,(H,15,16). The van der Waals surface area contributed by atoms with Crippen LogP contribution < -0.4 is 5.32 Å². The zero-order chi connectivity index (χ0) is 12.7. The Kier molecular flexibility index (Phi) is 5.42. The first-order valence-electron chi connectivity index (χ1n) is 6.35. The third-order valence-corrected chi connectivity index (χ3v) is 3.21. The number of hydrogen-bond acceptors (Lipinski definition) is 2. The van der Waals surface area contributed by atoms with Crippen LogP contribution in [0.15, 0.2) is 24.3 Å². The van der Waals surface area contributed by atoms with E-state index in [1.165, 1.54) is 12.5 Å². The number of carbonyl (C=O) groups excluding carboxylic acids is 1. The van der Waals surface area contributed by atoms with Gasteiger partial charge < -0.3 is 10.4 Å². The van der Waals surface area contributed by atoms with Gasteiger partial charge in [0.25, 0.3) is 0 Å². The molecule has 0 aromatic carbocycles. The average Bonchev–Trinajstić information content (AvgIpc) is 2.27. The number of rotatable bonds is 4. The Hall–Kier alpha value is -1.09. The Labute approximate surface area is 104 Å². The van der Waals surface area contributed by atoms with Crippen LogP contribution in [-0.2, 0) is 4.79 Å². The first-order valence-corrected chi connectivity index (χ1v) is 6.35. The molecule has 3 heteroatoms. The van der Waals surface area contributed by atoms with Gasteiger partial charge in [0, 0.05) is 12.6 Å². The Morgan fingerprint density at radius 3 is 2.94 bits per heavy atom. The van der Waals surface area contributed by atoms with Gasteiger partial charge in [-0.15, -0.1) is 0 Å². The first-order chi connectivity index (χ1) is 8.06. The molecule has 1 rings (SSSR count).